The van der Waals surface area contributed by atoms with E-state index in [1.165, 1.54) is 0 Å². The van der Waals surface area contributed by atoms with Gasteiger partial charge in [0.25, 0.3) is 6.69 Å². The van der Waals surface area contributed by atoms with Crippen LogP contribution in [0, 0.1) is 0 Å². The predicted molar refractivity (Wildman–Crippen MR) is 103 cm³/mol. The molecule has 2 aromatic carbocycles. The van der Waals surface area contributed by atoms with E-state index in [2.05, 4.69) is 4.98 Å². The van der Waals surface area contributed by atoms with Crippen LogP contribution in [-0.4, -0.2) is 11.7 Å². The van der Waals surface area contributed by atoms with Gasteiger partial charge < -0.3 is 4.74 Å². The van der Waals surface area contributed by atoms with E-state index in [4.69, 9.17) is 26.9 Å². The highest BCUT2D eigenvalue weighted by molar-refractivity contribution is 7.50. The number of rotatable bonds is 5. The van der Waals surface area contributed by atoms with E-state index < -0.39 is 6.69 Å². The van der Waals surface area contributed by atoms with Crippen LogP contribution >= 0.6 is 22.2 Å². The van der Waals surface area contributed by atoms with E-state index in [0.717, 1.165) is 27.8 Å². The molecule has 2 nitrogen and oxygen atoms in total. The number of halogens is 2. The molecule has 0 aliphatic carbocycles. The smallest absolute Gasteiger partial charge is 0.277 e. The van der Waals surface area contributed by atoms with Crippen molar-refractivity contribution in [3.63, 3.8) is 0 Å². The van der Waals surface area contributed by atoms with Crippen LogP contribution in [-0.2, 0) is 6.61 Å². The molecule has 0 bridgehead atoms. The van der Waals surface area contributed by atoms with E-state index in [1.807, 2.05) is 73.3 Å². The van der Waals surface area contributed by atoms with E-state index in [-0.39, 0.29) is 0 Å². The van der Waals surface area contributed by atoms with Crippen LogP contribution in [0.5, 0.6) is 5.75 Å². The Hall–Kier alpha value is -1.81. The highest BCUT2D eigenvalue weighted by Gasteiger charge is 2.23. The third kappa shape index (κ3) is 4.38. The van der Waals surface area contributed by atoms with Gasteiger partial charge in [0, 0.05) is 11.8 Å². The molecular formula is C19H17Cl2NOSi. The summed E-state index contributed by atoms with van der Waals surface area (Å²) in [6.45, 7) is 0.0970. The van der Waals surface area contributed by atoms with Crippen molar-refractivity contribution in [2.45, 2.75) is 13.2 Å². The molecule has 0 unspecified atom stereocenters. The molecule has 0 spiro atoms. The normalized spacial score (nSPS) is 11.3. The lowest BCUT2D eigenvalue weighted by Gasteiger charge is -2.12. The van der Waals surface area contributed by atoms with Gasteiger partial charge in [0.05, 0.1) is 5.69 Å². The Labute approximate surface area is 152 Å². The third-order valence-corrected chi connectivity index (χ3v) is 6.32. The lowest BCUT2D eigenvalue weighted by atomic mass is 10.1. The molecule has 0 saturated heterocycles. The number of pyridine rings is 1. The molecule has 5 heteroatoms. The monoisotopic (exact) mass is 373 g/mol. The van der Waals surface area contributed by atoms with Crippen LogP contribution in [0.4, 0.5) is 0 Å². The summed E-state index contributed by atoms with van der Waals surface area (Å²) in [5.41, 5.74) is 3.05. The molecule has 0 atom stereocenters. The second-order valence-corrected chi connectivity index (χ2v) is 13.1. The molecule has 1 heterocycles. The molecule has 0 N–H and O–H groups in total. The van der Waals surface area contributed by atoms with Crippen LogP contribution in [0.15, 0.2) is 72.9 Å². The second-order valence-electron chi connectivity index (χ2n) is 5.62. The average Bonchev–Trinajstić information content (AvgIpc) is 2.61. The topological polar surface area (TPSA) is 22.1 Å². The van der Waals surface area contributed by atoms with Crippen LogP contribution < -0.4 is 9.92 Å². The van der Waals surface area contributed by atoms with Crippen molar-refractivity contribution < 1.29 is 4.74 Å². The second kappa shape index (κ2) is 7.39. The molecule has 3 aromatic rings. The van der Waals surface area contributed by atoms with E-state index in [1.54, 1.807) is 6.20 Å². The lowest BCUT2D eigenvalue weighted by molar-refractivity contribution is 0.306. The van der Waals surface area contributed by atoms with Crippen LogP contribution in [0.2, 0.25) is 6.55 Å². The van der Waals surface area contributed by atoms with Gasteiger partial charge in [0.2, 0.25) is 0 Å². The number of hydrogen-bond donors (Lipinski definition) is 0. The maximum atomic E-state index is 6.23. The number of aromatic nitrogens is 1. The molecule has 122 valence electrons. The van der Waals surface area contributed by atoms with Crippen LogP contribution in [0.1, 0.15) is 5.56 Å². The summed E-state index contributed by atoms with van der Waals surface area (Å²) in [4.78, 5) is 4.36. The summed E-state index contributed by atoms with van der Waals surface area (Å²) < 4.78 is 5.90. The Balaban J connectivity index is 1.69. The Morgan fingerprint density at radius 3 is 2.42 bits per heavy atom. The molecule has 3 rings (SSSR count). The van der Waals surface area contributed by atoms with Gasteiger partial charge in [0.15, 0.2) is 0 Å². The fourth-order valence-corrected chi connectivity index (χ4v) is 3.85. The summed E-state index contributed by atoms with van der Waals surface area (Å²) >= 11 is 12.5. The maximum absolute atomic E-state index is 6.23. The van der Waals surface area contributed by atoms with Gasteiger partial charge >= 0.3 is 0 Å². The summed E-state index contributed by atoms with van der Waals surface area (Å²) in [5, 5.41) is 1.01. The molecule has 0 aliphatic rings. The first-order valence-electron chi connectivity index (χ1n) is 7.64. The first-order chi connectivity index (χ1) is 11.5. The van der Waals surface area contributed by atoms with Crippen molar-refractivity contribution in [1.29, 1.82) is 0 Å². The Morgan fingerprint density at radius 1 is 0.958 bits per heavy atom. The third-order valence-electron chi connectivity index (χ3n) is 3.66. The molecule has 0 saturated carbocycles. The summed E-state index contributed by atoms with van der Waals surface area (Å²) in [6.07, 6.45) is 1.79. The Morgan fingerprint density at radius 2 is 1.75 bits per heavy atom. The molecule has 0 radical (unpaired) electrons. The van der Waals surface area contributed by atoms with Gasteiger partial charge in [-0.3, -0.25) is 4.98 Å². The Bertz CT molecular complexity index is 802. The molecule has 24 heavy (non-hydrogen) atoms. The van der Waals surface area contributed by atoms with Crippen LogP contribution in [0.25, 0.3) is 11.3 Å². The molecule has 0 aliphatic heterocycles. The molecule has 1 aromatic heterocycles. The van der Waals surface area contributed by atoms with Crippen molar-refractivity contribution in [2.24, 2.45) is 0 Å². The first kappa shape index (κ1) is 17.0. The van der Waals surface area contributed by atoms with Crippen molar-refractivity contribution in [1.82, 2.24) is 4.98 Å². The van der Waals surface area contributed by atoms with Gasteiger partial charge in [-0.2, -0.15) is 0 Å². The van der Waals surface area contributed by atoms with Gasteiger partial charge in [-0.25, -0.2) is 0 Å². The van der Waals surface area contributed by atoms with E-state index in [9.17, 15) is 0 Å². The zero-order chi connectivity index (χ0) is 17.0. The minimum absolute atomic E-state index is 0.495. The van der Waals surface area contributed by atoms with Gasteiger partial charge in [0.1, 0.15) is 12.4 Å². The minimum atomic E-state index is -2.29. The van der Waals surface area contributed by atoms with Gasteiger partial charge in [-0.05, 0) is 41.6 Å². The fourth-order valence-electron chi connectivity index (χ4n) is 2.34. The van der Waals surface area contributed by atoms with Crippen molar-refractivity contribution >= 4 is 34.0 Å². The maximum Gasteiger partial charge on any atom is 0.277 e. The number of ether oxygens (including phenoxy) is 1. The summed E-state index contributed by atoms with van der Waals surface area (Å²) in [5.74, 6) is 0.816. The number of hydrogen-bond acceptors (Lipinski definition) is 2. The molecule has 0 amide bonds. The van der Waals surface area contributed by atoms with Gasteiger partial charge in [-0.1, -0.05) is 42.5 Å². The molecular weight excluding hydrogens is 357 g/mol. The highest BCUT2D eigenvalue weighted by atomic mass is 35.7. The van der Waals surface area contributed by atoms with Crippen LogP contribution in [0.3, 0.4) is 0 Å². The van der Waals surface area contributed by atoms with E-state index >= 15 is 0 Å². The fraction of sp³-hybridized carbons (Fsp3) is 0.105. The zero-order valence-electron chi connectivity index (χ0n) is 13.2. The predicted octanol–water partition coefficient (Wildman–Crippen LogP) is 5.08. The van der Waals surface area contributed by atoms with Gasteiger partial charge in [-0.15, -0.1) is 22.2 Å². The quantitative estimate of drug-likeness (QED) is 0.459. The lowest BCUT2D eigenvalue weighted by Crippen LogP contribution is -2.32. The largest absolute Gasteiger partial charge is 0.489 e. The van der Waals surface area contributed by atoms with Crippen molar-refractivity contribution in [3.05, 3.63) is 78.5 Å². The standard InChI is InChI=1S/C19H17Cl2NOSi/c1-24(20,21)18-10-8-15(9-11-18)14-23-17-6-4-5-16(13-17)19-7-2-3-12-22-19/h2-13H,14H2,1H3. The Kier molecular flexibility index (Phi) is 5.24. The number of nitrogens with zero attached hydrogens (tertiary/aromatic N) is 1. The molecule has 0 fully saturated rings. The minimum Gasteiger partial charge on any atom is -0.489 e. The van der Waals surface area contributed by atoms with E-state index in [0.29, 0.717) is 6.61 Å². The first-order valence-corrected chi connectivity index (χ1v) is 12.2. The average molecular weight is 374 g/mol. The zero-order valence-corrected chi connectivity index (χ0v) is 15.8. The summed E-state index contributed by atoms with van der Waals surface area (Å²) in [6, 6.07) is 21.8. The summed E-state index contributed by atoms with van der Waals surface area (Å²) in [7, 11) is 0. The van der Waals surface area contributed by atoms with Crippen molar-refractivity contribution in [2.75, 3.05) is 0 Å². The highest BCUT2D eigenvalue weighted by Crippen LogP contribution is 2.22. The number of benzene rings is 2. The van der Waals surface area contributed by atoms with Crippen molar-refractivity contribution in [3.8, 4) is 17.0 Å². The SMILES string of the molecule is C[Si](Cl)(Cl)c1ccc(COc2cccc(-c3ccccn3)c2)cc1.